The Morgan fingerprint density at radius 2 is 1.45 bits per heavy atom. The summed E-state index contributed by atoms with van der Waals surface area (Å²) in [7, 11) is -4.31. The summed E-state index contributed by atoms with van der Waals surface area (Å²) < 4.78 is 30.6. The molecule has 0 aromatic carbocycles. The van der Waals surface area contributed by atoms with E-state index in [0.717, 1.165) is 19.3 Å². The standard InChI is InChI=1S/C14H28O6S.Na/c1-2-3-4-5-6-7-8-9-10-11-14(16)20-21(17,18)19-13-12-15;/h15H,2-13H2,1H3;. The van der Waals surface area contributed by atoms with Crippen molar-refractivity contribution in [2.75, 3.05) is 13.2 Å². The van der Waals surface area contributed by atoms with Crippen LogP contribution in [0.2, 0.25) is 0 Å². The Morgan fingerprint density at radius 1 is 0.955 bits per heavy atom. The van der Waals surface area contributed by atoms with Gasteiger partial charge in [-0.15, -0.1) is 0 Å². The average Bonchev–Trinajstić information content (AvgIpc) is 2.43. The van der Waals surface area contributed by atoms with Crippen LogP contribution >= 0.6 is 0 Å². The molecule has 1 radical (unpaired) electrons. The van der Waals surface area contributed by atoms with Crippen molar-refractivity contribution >= 4 is 45.9 Å². The summed E-state index contributed by atoms with van der Waals surface area (Å²) in [5.74, 6) is -0.809. The second-order valence-electron chi connectivity index (χ2n) is 4.99. The molecule has 0 unspecified atom stereocenters. The molecular formula is C14H28NaO6S. The van der Waals surface area contributed by atoms with Gasteiger partial charge in [-0.3, -0.25) is 4.79 Å². The Hall–Kier alpha value is 0.340. The number of aliphatic hydroxyl groups is 1. The first-order chi connectivity index (χ1) is 10.0. The van der Waals surface area contributed by atoms with Crippen molar-refractivity contribution in [2.45, 2.75) is 71.1 Å². The minimum atomic E-state index is -4.31. The van der Waals surface area contributed by atoms with Gasteiger partial charge in [0.15, 0.2) is 0 Å². The Labute approximate surface area is 156 Å². The second-order valence-corrected chi connectivity index (χ2v) is 6.21. The molecule has 0 aromatic heterocycles. The Balaban J connectivity index is 0. The number of hydrogen-bond donors (Lipinski definition) is 1. The summed E-state index contributed by atoms with van der Waals surface area (Å²) in [6, 6.07) is 0. The summed E-state index contributed by atoms with van der Waals surface area (Å²) in [4.78, 5) is 11.3. The largest absolute Gasteiger partial charge is 0.451 e. The normalized spacial score (nSPS) is 11.0. The monoisotopic (exact) mass is 347 g/mol. The van der Waals surface area contributed by atoms with Crippen LogP contribution in [0.15, 0.2) is 0 Å². The zero-order valence-electron chi connectivity index (χ0n) is 13.9. The molecule has 1 N–H and O–H groups in total. The van der Waals surface area contributed by atoms with E-state index in [9.17, 15) is 13.2 Å². The number of hydrogen-bond acceptors (Lipinski definition) is 6. The van der Waals surface area contributed by atoms with Gasteiger partial charge in [0.1, 0.15) is 0 Å². The minimum absolute atomic E-state index is 0. The van der Waals surface area contributed by atoms with E-state index in [1.54, 1.807) is 0 Å². The predicted octanol–water partition coefficient (Wildman–Crippen LogP) is 2.32. The molecule has 0 bridgehead atoms. The van der Waals surface area contributed by atoms with E-state index in [2.05, 4.69) is 15.3 Å². The van der Waals surface area contributed by atoms with Gasteiger partial charge >= 0.3 is 16.4 Å². The number of carbonyl (C=O) groups is 1. The van der Waals surface area contributed by atoms with Gasteiger partial charge in [-0.1, -0.05) is 58.3 Å². The van der Waals surface area contributed by atoms with Gasteiger partial charge in [-0.25, -0.2) is 4.18 Å². The molecule has 0 aromatic rings. The first kappa shape index (κ1) is 24.6. The van der Waals surface area contributed by atoms with E-state index in [0.29, 0.717) is 6.42 Å². The Bertz CT molecular complexity index is 358. The van der Waals surface area contributed by atoms with Gasteiger partial charge in [-0.05, 0) is 6.42 Å². The fraction of sp³-hybridized carbons (Fsp3) is 0.929. The van der Waals surface area contributed by atoms with Crippen molar-refractivity contribution in [3.8, 4) is 0 Å². The maximum atomic E-state index is 11.3. The fourth-order valence-electron chi connectivity index (χ4n) is 1.90. The summed E-state index contributed by atoms with van der Waals surface area (Å²) >= 11 is 0. The zero-order chi connectivity index (χ0) is 16.0. The van der Waals surface area contributed by atoms with Crippen molar-refractivity contribution < 1.29 is 26.7 Å². The van der Waals surface area contributed by atoms with E-state index in [1.807, 2.05) is 0 Å². The predicted molar refractivity (Wildman–Crippen MR) is 85.6 cm³/mol. The van der Waals surface area contributed by atoms with Crippen LogP contribution in [0.25, 0.3) is 0 Å². The van der Waals surface area contributed by atoms with E-state index in [1.165, 1.54) is 32.1 Å². The number of unbranched alkanes of at least 4 members (excludes halogenated alkanes) is 8. The molecule has 0 fully saturated rings. The van der Waals surface area contributed by atoms with Crippen LogP contribution in [0, 0.1) is 0 Å². The van der Waals surface area contributed by atoms with E-state index < -0.39 is 29.6 Å². The van der Waals surface area contributed by atoms with Crippen LogP contribution in [0.5, 0.6) is 0 Å². The summed E-state index contributed by atoms with van der Waals surface area (Å²) in [6.07, 6.45) is 10.1. The third kappa shape index (κ3) is 16.7. The van der Waals surface area contributed by atoms with E-state index in [4.69, 9.17) is 5.11 Å². The molecule has 0 aliphatic rings. The first-order valence-corrected chi connectivity index (χ1v) is 9.07. The van der Waals surface area contributed by atoms with Crippen molar-refractivity contribution in [1.82, 2.24) is 0 Å². The van der Waals surface area contributed by atoms with Gasteiger partial charge < -0.3 is 9.29 Å². The molecule has 0 aliphatic carbocycles. The van der Waals surface area contributed by atoms with Crippen LogP contribution in [0.4, 0.5) is 0 Å². The molecule has 0 rings (SSSR count). The summed E-state index contributed by atoms with van der Waals surface area (Å²) in [6.45, 7) is 1.33. The fourth-order valence-corrected chi connectivity index (χ4v) is 2.54. The third-order valence-electron chi connectivity index (χ3n) is 3.00. The van der Waals surface area contributed by atoms with E-state index >= 15 is 0 Å². The Morgan fingerprint density at radius 3 is 1.95 bits per heavy atom. The molecule has 127 valence electrons. The molecule has 0 atom stereocenters. The second kappa shape index (κ2) is 16.2. The van der Waals surface area contributed by atoms with Crippen LogP contribution in [-0.2, 0) is 23.6 Å². The Kier molecular flexibility index (Phi) is 18.1. The van der Waals surface area contributed by atoms with Crippen molar-refractivity contribution in [3.05, 3.63) is 0 Å². The van der Waals surface area contributed by atoms with Crippen molar-refractivity contribution in [2.24, 2.45) is 0 Å². The SMILES string of the molecule is CCCCCCCCCCCC(=O)OS(=O)(=O)OCCO.[Na]. The number of aliphatic hydroxyl groups excluding tert-OH is 1. The molecule has 0 amide bonds. The summed E-state index contributed by atoms with van der Waals surface area (Å²) in [5.41, 5.74) is 0. The smallest absolute Gasteiger partial charge is 0.394 e. The molecule has 0 saturated heterocycles. The maximum absolute atomic E-state index is 11.3. The molecule has 0 saturated carbocycles. The topological polar surface area (TPSA) is 89.9 Å². The van der Waals surface area contributed by atoms with Crippen molar-refractivity contribution in [1.29, 1.82) is 0 Å². The zero-order valence-corrected chi connectivity index (χ0v) is 16.7. The van der Waals surface area contributed by atoms with E-state index in [-0.39, 0.29) is 36.0 Å². The molecular weight excluding hydrogens is 319 g/mol. The average molecular weight is 347 g/mol. The van der Waals surface area contributed by atoms with Crippen LogP contribution in [0.3, 0.4) is 0 Å². The van der Waals surface area contributed by atoms with Crippen LogP contribution in [-0.4, -0.2) is 62.3 Å². The van der Waals surface area contributed by atoms with Gasteiger partial charge in [0.25, 0.3) is 0 Å². The molecule has 0 heterocycles. The quantitative estimate of drug-likeness (QED) is 0.383. The molecule has 6 nitrogen and oxygen atoms in total. The minimum Gasteiger partial charge on any atom is -0.394 e. The molecule has 22 heavy (non-hydrogen) atoms. The number of rotatable bonds is 14. The molecule has 0 spiro atoms. The summed E-state index contributed by atoms with van der Waals surface area (Å²) in [5, 5.41) is 8.43. The molecule has 0 aliphatic heterocycles. The number of carbonyl (C=O) groups excluding carboxylic acids is 1. The maximum Gasteiger partial charge on any atom is 0.451 e. The van der Waals surface area contributed by atoms with Crippen molar-refractivity contribution in [3.63, 3.8) is 0 Å². The van der Waals surface area contributed by atoms with Gasteiger partial charge in [-0.2, -0.15) is 8.42 Å². The molecule has 8 heteroatoms. The van der Waals surface area contributed by atoms with Crippen LogP contribution in [0.1, 0.15) is 71.1 Å². The third-order valence-corrected chi connectivity index (χ3v) is 3.84. The van der Waals surface area contributed by atoms with Gasteiger partial charge in [0.05, 0.1) is 13.2 Å². The van der Waals surface area contributed by atoms with Gasteiger partial charge in [0.2, 0.25) is 0 Å². The van der Waals surface area contributed by atoms with Crippen LogP contribution < -0.4 is 0 Å². The van der Waals surface area contributed by atoms with Gasteiger partial charge in [0, 0.05) is 36.0 Å². The first-order valence-electron chi connectivity index (χ1n) is 7.74.